The van der Waals surface area contributed by atoms with Gasteiger partial charge in [0.15, 0.2) is 11.5 Å². The van der Waals surface area contributed by atoms with E-state index in [1.165, 1.54) is 18.2 Å². The van der Waals surface area contributed by atoms with Crippen LogP contribution in [0.1, 0.15) is 110 Å². The van der Waals surface area contributed by atoms with Gasteiger partial charge in [-0.25, -0.2) is 9.59 Å². The Morgan fingerprint density at radius 1 is 0.805 bits per heavy atom. The molecule has 1 rings (SSSR count). The van der Waals surface area contributed by atoms with Gasteiger partial charge < -0.3 is 34.5 Å². The number of aliphatic carboxylic acids is 1. The number of nitrogens with two attached hydrogens (primary N) is 1. The fraction of sp³-hybridized carbons (Fsp3) is 0.667. The molecule has 0 radical (unpaired) electrons. The predicted octanol–water partition coefficient (Wildman–Crippen LogP) is 6.50. The Balaban J connectivity index is 3.18. The normalized spacial score (nSPS) is 13.0. The van der Waals surface area contributed by atoms with Crippen molar-refractivity contribution in [3.05, 3.63) is 23.8 Å². The highest BCUT2D eigenvalue weighted by atomic mass is 16.7. The van der Waals surface area contributed by atoms with Gasteiger partial charge in [0.25, 0.3) is 0 Å². The van der Waals surface area contributed by atoms with Gasteiger partial charge in [0.1, 0.15) is 6.04 Å². The lowest BCUT2D eigenvalue weighted by Crippen LogP contribution is -2.38. The van der Waals surface area contributed by atoms with Crippen LogP contribution >= 0.6 is 0 Å². The number of benzene rings is 1. The zero-order valence-electron chi connectivity index (χ0n) is 24.9. The number of hydrogen-bond donors (Lipinski definition) is 2. The first-order valence-electron chi connectivity index (χ1n) is 14.6. The molecule has 0 saturated carbocycles. The molecule has 11 nitrogen and oxygen atoms in total. The maximum Gasteiger partial charge on any atom is 0.513 e. The first-order valence-corrected chi connectivity index (χ1v) is 14.6. The molecule has 3 atom stereocenters. The molecule has 0 amide bonds. The van der Waals surface area contributed by atoms with Crippen LogP contribution in [0.5, 0.6) is 11.5 Å². The molecule has 2 unspecified atom stereocenters. The van der Waals surface area contributed by atoms with Crippen LogP contribution in [0.2, 0.25) is 0 Å². The van der Waals surface area contributed by atoms with Crippen molar-refractivity contribution in [2.75, 3.05) is 13.2 Å². The van der Waals surface area contributed by atoms with Gasteiger partial charge in [0, 0.05) is 12.3 Å². The Morgan fingerprint density at radius 2 is 1.34 bits per heavy atom. The van der Waals surface area contributed by atoms with E-state index < -0.39 is 36.3 Å². The van der Waals surface area contributed by atoms with E-state index in [2.05, 4.69) is 0 Å². The third kappa shape index (κ3) is 14.7. The number of ether oxygens (including phenoxy) is 5. The van der Waals surface area contributed by atoms with E-state index in [4.69, 9.17) is 29.4 Å². The summed E-state index contributed by atoms with van der Waals surface area (Å²) in [6, 6.07) is 2.89. The minimum Gasteiger partial charge on any atom is -0.480 e. The minimum atomic E-state index is -1.36. The van der Waals surface area contributed by atoms with Crippen LogP contribution in [0.25, 0.3) is 0 Å². The molecule has 0 aliphatic heterocycles. The van der Waals surface area contributed by atoms with Crippen LogP contribution in [0.15, 0.2) is 18.2 Å². The van der Waals surface area contributed by atoms with Crippen molar-refractivity contribution >= 4 is 24.2 Å². The highest BCUT2D eigenvalue weighted by Crippen LogP contribution is 2.35. The van der Waals surface area contributed by atoms with Gasteiger partial charge in [0.2, 0.25) is 0 Å². The molecule has 0 aliphatic rings. The first kappa shape index (κ1) is 35.7. The summed E-state index contributed by atoms with van der Waals surface area (Å²) in [5.74, 6) is -2.74. The standard InChI is InChI=1S/C30H47NO10/c1-5-8-11-14-26(32)39-21(4)19-23(27(31)28(33)34)22-15-16-24(40-29(35)37-17-12-9-6-2)25(20-22)41-30(36)38-18-13-10-7-3/h15-16,20-21,23,27H,5-14,17-19,31H2,1-4H3,(H,33,34)/t21?,23?,27-/m0/s1. The van der Waals surface area contributed by atoms with Gasteiger partial charge in [0.05, 0.1) is 19.3 Å². The van der Waals surface area contributed by atoms with Gasteiger partial charge in [-0.1, -0.05) is 65.4 Å². The summed E-state index contributed by atoms with van der Waals surface area (Å²) in [4.78, 5) is 48.7. The molecule has 0 aliphatic carbocycles. The van der Waals surface area contributed by atoms with Crippen LogP contribution in [0.3, 0.4) is 0 Å². The molecule has 41 heavy (non-hydrogen) atoms. The van der Waals surface area contributed by atoms with E-state index in [0.717, 1.165) is 38.5 Å². The van der Waals surface area contributed by atoms with Crippen molar-refractivity contribution in [1.82, 2.24) is 0 Å². The lowest BCUT2D eigenvalue weighted by molar-refractivity contribution is -0.149. The molecule has 11 heteroatoms. The maximum atomic E-state index is 12.4. The summed E-state index contributed by atoms with van der Waals surface area (Å²) >= 11 is 0. The molecule has 0 bridgehead atoms. The Hall–Kier alpha value is -3.34. The number of hydrogen-bond acceptors (Lipinski definition) is 10. The smallest absolute Gasteiger partial charge is 0.480 e. The molecular formula is C30H47NO10. The summed E-state index contributed by atoms with van der Waals surface area (Å²) in [6.07, 6.45) is 5.30. The van der Waals surface area contributed by atoms with E-state index in [1.807, 2.05) is 20.8 Å². The van der Waals surface area contributed by atoms with Crippen molar-refractivity contribution in [3.8, 4) is 11.5 Å². The molecule has 0 fully saturated rings. The van der Waals surface area contributed by atoms with Crippen molar-refractivity contribution in [2.45, 2.75) is 116 Å². The van der Waals surface area contributed by atoms with Gasteiger partial charge in [-0.2, -0.15) is 0 Å². The zero-order chi connectivity index (χ0) is 30.6. The topological polar surface area (TPSA) is 161 Å². The van der Waals surface area contributed by atoms with Gasteiger partial charge >= 0.3 is 24.2 Å². The predicted molar refractivity (Wildman–Crippen MR) is 152 cm³/mol. The second-order valence-corrected chi connectivity index (χ2v) is 9.99. The number of carboxylic acids is 1. The molecule has 1 aromatic rings. The average molecular weight is 582 g/mol. The van der Waals surface area contributed by atoms with Crippen molar-refractivity contribution in [2.24, 2.45) is 5.73 Å². The Kier molecular flexibility index (Phi) is 17.9. The first-order chi connectivity index (χ1) is 19.6. The number of esters is 1. The third-order valence-electron chi connectivity index (χ3n) is 6.34. The highest BCUT2D eigenvalue weighted by Gasteiger charge is 2.30. The van der Waals surface area contributed by atoms with Crippen LogP contribution in [-0.4, -0.2) is 54.7 Å². The molecular weight excluding hydrogens is 534 g/mol. The summed E-state index contributed by atoms with van der Waals surface area (Å²) in [6.45, 7) is 8.05. The van der Waals surface area contributed by atoms with Crippen molar-refractivity contribution < 1.29 is 48.0 Å². The number of carbonyl (C=O) groups is 4. The Morgan fingerprint density at radius 3 is 1.88 bits per heavy atom. The van der Waals surface area contributed by atoms with E-state index in [-0.39, 0.29) is 43.5 Å². The third-order valence-corrected chi connectivity index (χ3v) is 6.34. The molecule has 0 aromatic heterocycles. The van der Waals surface area contributed by atoms with Crippen molar-refractivity contribution in [3.63, 3.8) is 0 Å². The molecule has 0 heterocycles. The molecule has 232 valence electrons. The number of carbonyl (C=O) groups excluding carboxylic acids is 3. The number of unbranched alkanes of at least 4 members (excludes halogenated alkanes) is 6. The summed E-state index contributed by atoms with van der Waals surface area (Å²) < 4.78 is 26.3. The number of rotatable bonds is 20. The zero-order valence-corrected chi connectivity index (χ0v) is 24.9. The van der Waals surface area contributed by atoms with Crippen LogP contribution in [0.4, 0.5) is 9.59 Å². The summed E-state index contributed by atoms with van der Waals surface area (Å²) in [5, 5.41) is 9.68. The number of carboxylic acid groups (broad SMARTS) is 1. The quantitative estimate of drug-likeness (QED) is 0.0748. The second-order valence-electron chi connectivity index (χ2n) is 9.99. The monoisotopic (exact) mass is 581 g/mol. The maximum absolute atomic E-state index is 12.4. The SMILES string of the molecule is CCCCCOC(=O)Oc1ccc(C(CC(C)OC(=O)CCCCC)[C@H](N)C(=O)O)cc1OC(=O)OCCCCC. The fourth-order valence-corrected chi connectivity index (χ4v) is 4.04. The van der Waals surface area contributed by atoms with Crippen molar-refractivity contribution in [1.29, 1.82) is 0 Å². The van der Waals surface area contributed by atoms with E-state index in [0.29, 0.717) is 24.8 Å². The van der Waals surface area contributed by atoms with Gasteiger partial charge in [-0.15, -0.1) is 0 Å². The Bertz CT molecular complexity index is 951. The van der Waals surface area contributed by atoms with Crippen LogP contribution in [0, 0.1) is 0 Å². The highest BCUT2D eigenvalue weighted by molar-refractivity contribution is 5.75. The van der Waals surface area contributed by atoms with Gasteiger partial charge in [-0.05, 0) is 50.3 Å². The van der Waals surface area contributed by atoms with E-state index in [9.17, 15) is 24.3 Å². The fourth-order valence-electron chi connectivity index (χ4n) is 4.04. The lowest BCUT2D eigenvalue weighted by atomic mass is 9.87. The second kappa shape index (κ2) is 20.5. The summed E-state index contributed by atoms with van der Waals surface area (Å²) in [5.41, 5.74) is 6.42. The van der Waals surface area contributed by atoms with Gasteiger partial charge in [-0.3, -0.25) is 9.59 Å². The molecule has 3 N–H and O–H groups in total. The molecule has 1 aromatic carbocycles. The van der Waals surface area contributed by atoms with E-state index >= 15 is 0 Å². The summed E-state index contributed by atoms with van der Waals surface area (Å²) in [7, 11) is 0. The molecule has 0 spiro atoms. The van der Waals surface area contributed by atoms with Crippen LogP contribution in [-0.2, 0) is 23.8 Å². The minimum absolute atomic E-state index is 0.0908. The average Bonchev–Trinajstić information content (AvgIpc) is 2.93. The van der Waals surface area contributed by atoms with Crippen LogP contribution < -0.4 is 15.2 Å². The Labute approximate surface area is 243 Å². The van der Waals surface area contributed by atoms with E-state index in [1.54, 1.807) is 6.92 Å². The lowest BCUT2D eigenvalue weighted by Gasteiger charge is -2.25. The largest absolute Gasteiger partial charge is 0.513 e. The molecule has 0 saturated heterocycles.